The summed E-state index contributed by atoms with van der Waals surface area (Å²) in [4.78, 5) is 4.77. The second-order valence-electron chi connectivity index (χ2n) is 7.09. The maximum absolute atomic E-state index is 9.02. The maximum Gasteiger partial charge on any atom is 0.110 e. The van der Waals surface area contributed by atoms with Crippen LogP contribution in [-0.4, -0.2) is 9.55 Å². The lowest BCUT2D eigenvalue weighted by atomic mass is 9.92. The summed E-state index contributed by atoms with van der Waals surface area (Å²) in [6.45, 7) is 12.1. The minimum Gasteiger partial charge on any atom is -0.328 e. The van der Waals surface area contributed by atoms with E-state index in [1.54, 1.807) is 0 Å². The highest BCUT2D eigenvalue weighted by Crippen LogP contribution is 2.25. The van der Waals surface area contributed by atoms with Gasteiger partial charge in [0, 0.05) is 13.0 Å². The van der Waals surface area contributed by atoms with Crippen LogP contribution in [0.15, 0.2) is 18.2 Å². The van der Waals surface area contributed by atoms with Crippen LogP contribution in [0.1, 0.15) is 46.0 Å². The Morgan fingerprint density at radius 3 is 2.55 bits per heavy atom. The van der Waals surface area contributed by atoms with Crippen molar-refractivity contribution in [3.8, 4) is 6.07 Å². The van der Waals surface area contributed by atoms with E-state index in [1.807, 2.05) is 18.2 Å². The summed E-state index contributed by atoms with van der Waals surface area (Å²) in [5.41, 5.74) is 2.95. The van der Waals surface area contributed by atoms with Gasteiger partial charge in [0.05, 0.1) is 22.7 Å². The van der Waals surface area contributed by atoms with Crippen LogP contribution in [0.5, 0.6) is 0 Å². The first kappa shape index (κ1) is 14.6. The van der Waals surface area contributed by atoms with Crippen LogP contribution in [0.4, 0.5) is 0 Å². The number of nitriles is 1. The number of fused-ring (bicyclic) bond motifs is 1. The topological polar surface area (TPSA) is 41.6 Å². The minimum absolute atomic E-state index is 0.203. The molecule has 20 heavy (non-hydrogen) atoms. The van der Waals surface area contributed by atoms with Gasteiger partial charge in [0.2, 0.25) is 0 Å². The first-order valence-corrected chi connectivity index (χ1v) is 7.19. The zero-order valence-corrected chi connectivity index (χ0v) is 13.1. The van der Waals surface area contributed by atoms with Gasteiger partial charge in [0.25, 0.3) is 0 Å². The molecule has 1 aromatic carbocycles. The highest BCUT2D eigenvalue weighted by molar-refractivity contribution is 5.77. The third kappa shape index (κ3) is 3.19. The van der Waals surface area contributed by atoms with Gasteiger partial charge >= 0.3 is 0 Å². The Kier molecular flexibility index (Phi) is 3.85. The smallest absolute Gasteiger partial charge is 0.110 e. The molecule has 1 aromatic heterocycles. The molecule has 3 heteroatoms. The van der Waals surface area contributed by atoms with E-state index < -0.39 is 0 Å². The number of imidazole rings is 1. The summed E-state index contributed by atoms with van der Waals surface area (Å²) in [7, 11) is 0. The van der Waals surface area contributed by atoms with E-state index in [1.165, 1.54) is 0 Å². The number of rotatable bonds is 3. The number of hydrogen-bond acceptors (Lipinski definition) is 2. The molecular formula is C17H23N3. The lowest BCUT2D eigenvalue weighted by Crippen LogP contribution is -2.16. The molecule has 2 aromatic rings. The molecule has 0 fully saturated rings. The zero-order valence-electron chi connectivity index (χ0n) is 13.1. The largest absolute Gasteiger partial charge is 0.328 e. The fourth-order valence-electron chi connectivity index (χ4n) is 2.43. The molecule has 0 atom stereocenters. The monoisotopic (exact) mass is 269 g/mol. The summed E-state index contributed by atoms with van der Waals surface area (Å²) in [5.74, 6) is 1.69. The SMILES string of the molecule is CC(C)Cn1c(CC(C)(C)C)nc2cc(C#N)ccc21. The minimum atomic E-state index is 0.203. The van der Waals surface area contributed by atoms with Gasteiger partial charge in [-0.3, -0.25) is 0 Å². The van der Waals surface area contributed by atoms with E-state index in [0.29, 0.717) is 11.5 Å². The van der Waals surface area contributed by atoms with Crippen molar-refractivity contribution in [2.24, 2.45) is 11.3 Å². The summed E-state index contributed by atoms with van der Waals surface area (Å²) in [6, 6.07) is 7.97. The summed E-state index contributed by atoms with van der Waals surface area (Å²) in [5, 5.41) is 9.02. The average molecular weight is 269 g/mol. The molecule has 0 N–H and O–H groups in total. The van der Waals surface area contributed by atoms with E-state index in [0.717, 1.165) is 29.8 Å². The molecule has 106 valence electrons. The molecule has 0 spiro atoms. The normalized spacial score (nSPS) is 12.1. The van der Waals surface area contributed by atoms with Crippen molar-refractivity contribution in [1.82, 2.24) is 9.55 Å². The lowest BCUT2D eigenvalue weighted by Gasteiger charge is -2.19. The number of hydrogen-bond donors (Lipinski definition) is 0. The van der Waals surface area contributed by atoms with E-state index in [9.17, 15) is 0 Å². The fourth-order valence-corrected chi connectivity index (χ4v) is 2.43. The fraction of sp³-hybridized carbons (Fsp3) is 0.529. The van der Waals surface area contributed by atoms with Gasteiger partial charge in [-0.25, -0.2) is 4.98 Å². The third-order valence-electron chi connectivity index (χ3n) is 3.19. The molecule has 0 aliphatic rings. The predicted octanol–water partition coefficient (Wildman–Crippen LogP) is 4.15. The number of aromatic nitrogens is 2. The Hall–Kier alpha value is -1.82. The second-order valence-corrected chi connectivity index (χ2v) is 7.09. The summed E-state index contributed by atoms with van der Waals surface area (Å²) < 4.78 is 2.31. The quantitative estimate of drug-likeness (QED) is 0.839. The van der Waals surface area contributed by atoms with E-state index in [-0.39, 0.29) is 5.41 Å². The van der Waals surface area contributed by atoms with Crippen molar-refractivity contribution in [3.63, 3.8) is 0 Å². The average Bonchev–Trinajstić information content (AvgIpc) is 2.63. The van der Waals surface area contributed by atoms with E-state index in [4.69, 9.17) is 10.2 Å². The van der Waals surface area contributed by atoms with Crippen molar-refractivity contribution < 1.29 is 0 Å². The van der Waals surface area contributed by atoms with Crippen LogP contribution in [0.2, 0.25) is 0 Å². The highest BCUT2D eigenvalue weighted by atomic mass is 15.1. The van der Waals surface area contributed by atoms with E-state index >= 15 is 0 Å². The van der Waals surface area contributed by atoms with Crippen molar-refractivity contribution >= 4 is 11.0 Å². The van der Waals surface area contributed by atoms with Crippen molar-refractivity contribution in [2.75, 3.05) is 0 Å². The zero-order chi connectivity index (χ0) is 14.9. The van der Waals surface area contributed by atoms with Gasteiger partial charge in [-0.2, -0.15) is 5.26 Å². The first-order chi connectivity index (χ1) is 9.30. The lowest BCUT2D eigenvalue weighted by molar-refractivity contribution is 0.386. The van der Waals surface area contributed by atoms with Crippen molar-refractivity contribution in [3.05, 3.63) is 29.6 Å². The van der Waals surface area contributed by atoms with Crippen LogP contribution in [0.25, 0.3) is 11.0 Å². The van der Waals surface area contributed by atoms with Crippen molar-refractivity contribution in [1.29, 1.82) is 5.26 Å². The Bertz CT molecular complexity index is 651. The molecule has 3 nitrogen and oxygen atoms in total. The molecule has 0 saturated heterocycles. The van der Waals surface area contributed by atoms with Crippen LogP contribution < -0.4 is 0 Å². The van der Waals surface area contributed by atoms with Gasteiger partial charge in [-0.1, -0.05) is 34.6 Å². The number of nitrogens with zero attached hydrogens (tertiary/aromatic N) is 3. The highest BCUT2D eigenvalue weighted by Gasteiger charge is 2.18. The maximum atomic E-state index is 9.02. The van der Waals surface area contributed by atoms with Gasteiger partial charge < -0.3 is 4.57 Å². The standard InChI is InChI=1S/C17H23N3/c1-12(2)11-20-15-7-6-13(10-18)8-14(15)19-16(20)9-17(3,4)5/h6-8,12H,9,11H2,1-5H3. The van der Waals surface area contributed by atoms with Gasteiger partial charge in [0.15, 0.2) is 0 Å². The summed E-state index contributed by atoms with van der Waals surface area (Å²) in [6.07, 6.45) is 0.941. The molecule has 2 rings (SSSR count). The van der Waals surface area contributed by atoms with Crippen LogP contribution in [0.3, 0.4) is 0 Å². The molecule has 0 aliphatic heterocycles. The van der Waals surface area contributed by atoms with Crippen LogP contribution >= 0.6 is 0 Å². The van der Waals surface area contributed by atoms with Crippen molar-refractivity contribution in [2.45, 2.75) is 47.6 Å². The van der Waals surface area contributed by atoms with Crippen LogP contribution in [-0.2, 0) is 13.0 Å². The molecule has 0 unspecified atom stereocenters. The van der Waals surface area contributed by atoms with Gasteiger partial charge in [-0.15, -0.1) is 0 Å². The molecular weight excluding hydrogens is 246 g/mol. The molecule has 0 saturated carbocycles. The van der Waals surface area contributed by atoms with Gasteiger partial charge in [0.1, 0.15) is 5.82 Å². The van der Waals surface area contributed by atoms with Gasteiger partial charge in [-0.05, 0) is 29.5 Å². The molecule has 0 amide bonds. The number of benzene rings is 1. The predicted molar refractivity (Wildman–Crippen MR) is 82.4 cm³/mol. The first-order valence-electron chi connectivity index (χ1n) is 7.19. The van der Waals surface area contributed by atoms with E-state index in [2.05, 4.69) is 45.3 Å². The van der Waals surface area contributed by atoms with Crippen LogP contribution in [0, 0.1) is 22.7 Å². The Balaban J connectivity index is 2.57. The summed E-state index contributed by atoms with van der Waals surface area (Å²) >= 11 is 0. The molecule has 0 bridgehead atoms. The second kappa shape index (κ2) is 5.28. The Morgan fingerprint density at radius 1 is 1.30 bits per heavy atom. The molecule has 1 heterocycles. The molecule has 0 radical (unpaired) electrons. The Labute approximate surface area is 121 Å². The molecule has 0 aliphatic carbocycles. The Morgan fingerprint density at radius 2 is 2.00 bits per heavy atom. The third-order valence-corrected chi connectivity index (χ3v) is 3.19.